The highest BCUT2D eigenvalue weighted by atomic mass is 32.1. The highest BCUT2D eigenvalue weighted by Gasteiger charge is 2.14. The predicted octanol–water partition coefficient (Wildman–Crippen LogP) is 2.14. The lowest BCUT2D eigenvalue weighted by Gasteiger charge is -2.22. The molecule has 1 aromatic heterocycles. The van der Waals surface area contributed by atoms with Crippen molar-refractivity contribution in [3.05, 3.63) is 22.4 Å². The summed E-state index contributed by atoms with van der Waals surface area (Å²) < 4.78 is 0. The summed E-state index contributed by atoms with van der Waals surface area (Å²) >= 11 is 1.69. The third kappa shape index (κ3) is 4.48. The molecule has 1 aliphatic heterocycles. The number of hydrogen-bond acceptors (Lipinski definition) is 3. The summed E-state index contributed by atoms with van der Waals surface area (Å²) in [4.78, 5) is 12.9. The first-order chi connectivity index (χ1) is 8.34. The van der Waals surface area contributed by atoms with Crippen LogP contribution in [0.1, 0.15) is 30.6 Å². The molecular formula is C13H20N2OS. The Morgan fingerprint density at radius 3 is 3.00 bits per heavy atom. The molecule has 0 unspecified atom stereocenters. The molecule has 1 aliphatic rings. The summed E-state index contributed by atoms with van der Waals surface area (Å²) in [6.07, 6.45) is 4.16. The van der Waals surface area contributed by atoms with E-state index in [0.29, 0.717) is 13.0 Å². The van der Waals surface area contributed by atoms with Gasteiger partial charge in [0.05, 0.1) is 6.54 Å². The first kappa shape index (κ1) is 12.6. The van der Waals surface area contributed by atoms with E-state index in [9.17, 15) is 4.79 Å². The molecule has 0 bridgehead atoms. The number of thiophene rings is 1. The van der Waals surface area contributed by atoms with Crippen molar-refractivity contribution in [2.75, 3.05) is 13.1 Å². The zero-order valence-corrected chi connectivity index (χ0v) is 10.9. The zero-order valence-electron chi connectivity index (χ0n) is 10.1. The summed E-state index contributed by atoms with van der Waals surface area (Å²) in [6, 6.07) is 4.07. The molecule has 17 heavy (non-hydrogen) atoms. The number of nitrogens with one attached hydrogen (secondary N) is 2. The van der Waals surface area contributed by atoms with Gasteiger partial charge in [-0.25, -0.2) is 0 Å². The van der Waals surface area contributed by atoms with Crippen LogP contribution in [0.15, 0.2) is 17.5 Å². The maximum Gasteiger partial charge on any atom is 0.220 e. The molecule has 0 aromatic carbocycles. The first-order valence-electron chi connectivity index (χ1n) is 6.34. The van der Waals surface area contributed by atoms with Crippen LogP contribution in [0.25, 0.3) is 0 Å². The molecule has 3 nitrogen and oxygen atoms in total. The highest BCUT2D eigenvalue weighted by molar-refractivity contribution is 7.09. The van der Waals surface area contributed by atoms with Crippen LogP contribution in [0.3, 0.4) is 0 Å². The Morgan fingerprint density at radius 2 is 2.29 bits per heavy atom. The minimum atomic E-state index is 0.192. The molecule has 0 atom stereocenters. The quantitative estimate of drug-likeness (QED) is 0.843. The number of rotatable bonds is 5. The molecule has 2 N–H and O–H groups in total. The molecule has 2 rings (SSSR count). The van der Waals surface area contributed by atoms with E-state index in [1.54, 1.807) is 11.3 Å². The third-order valence-electron chi connectivity index (χ3n) is 3.28. The SMILES string of the molecule is O=C(CCC1CCNCC1)NCc1cccs1. The lowest BCUT2D eigenvalue weighted by atomic mass is 9.93. The van der Waals surface area contributed by atoms with Crippen LogP contribution in [-0.2, 0) is 11.3 Å². The Labute approximate surface area is 107 Å². The summed E-state index contributed by atoms with van der Waals surface area (Å²) in [5, 5.41) is 8.37. The van der Waals surface area contributed by atoms with Gasteiger partial charge < -0.3 is 10.6 Å². The normalized spacial score (nSPS) is 16.9. The fourth-order valence-corrected chi connectivity index (χ4v) is 2.84. The van der Waals surface area contributed by atoms with Crippen molar-refractivity contribution in [3.8, 4) is 0 Å². The van der Waals surface area contributed by atoms with Crippen molar-refractivity contribution in [1.82, 2.24) is 10.6 Å². The van der Waals surface area contributed by atoms with Gasteiger partial charge in [0.15, 0.2) is 0 Å². The van der Waals surface area contributed by atoms with Gasteiger partial charge in [0.25, 0.3) is 0 Å². The Balaban J connectivity index is 1.60. The Hall–Kier alpha value is -0.870. The van der Waals surface area contributed by atoms with E-state index < -0.39 is 0 Å². The average Bonchev–Trinajstić information content (AvgIpc) is 2.88. The lowest BCUT2D eigenvalue weighted by Crippen LogP contribution is -2.29. The van der Waals surface area contributed by atoms with Gasteiger partial charge in [0.1, 0.15) is 0 Å². The Kier molecular flexibility index (Phi) is 5.01. The van der Waals surface area contributed by atoms with Crippen molar-refractivity contribution in [2.45, 2.75) is 32.2 Å². The van der Waals surface area contributed by atoms with Crippen molar-refractivity contribution in [1.29, 1.82) is 0 Å². The maximum absolute atomic E-state index is 11.7. The van der Waals surface area contributed by atoms with E-state index in [1.165, 1.54) is 17.7 Å². The lowest BCUT2D eigenvalue weighted by molar-refractivity contribution is -0.121. The molecule has 2 heterocycles. The van der Waals surface area contributed by atoms with E-state index in [-0.39, 0.29) is 5.91 Å². The van der Waals surface area contributed by atoms with Crippen LogP contribution < -0.4 is 10.6 Å². The van der Waals surface area contributed by atoms with E-state index >= 15 is 0 Å². The molecule has 94 valence electrons. The Bertz CT molecular complexity index is 331. The smallest absolute Gasteiger partial charge is 0.220 e. The van der Waals surface area contributed by atoms with Crippen LogP contribution >= 0.6 is 11.3 Å². The van der Waals surface area contributed by atoms with Crippen LogP contribution in [0.2, 0.25) is 0 Å². The molecule has 0 aliphatic carbocycles. The molecule has 1 fully saturated rings. The van der Waals surface area contributed by atoms with Crippen LogP contribution in [0.5, 0.6) is 0 Å². The van der Waals surface area contributed by atoms with Crippen LogP contribution in [0, 0.1) is 5.92 Å². The molecule has 4 heteroatoms. The van der Waals surface area contributed by atoms with Gasteiger partial charge in [-0.1, -0.05) is 6.07 Å². The van der Waals surface area contributed by atoms with Gasteiger partial charge >= 0.3 is 0 Å². The molecule has 0 saturated carbocycles. The number of hydrogen-bond donors (Lipinski definition) is 2. The number of carbonyl (C=O) groups excluding carboxylic acids is 1. The van der Waals surface area contributed by atoms with Gasteiger partial charge in [-0.2, -0.15) is 0 Å². The summed E-state index contributed by atoms with van der Waals surface area (Å²) in [6.45, 7) is 2.91. The number of piperidine rings is 1. The molecule has 1 amide bonds. The zero-order chi connectivity index (χ0) is 11.9. The second-order valence-electron chi connectivity index (χ2n) is 4.59. The van der Waals surface area contributed by atoms with Gasteiger partial charge in [-0.05, 0) is 49.7 Å². The molecule has 0 spiro atoms. The minimum Gasteiger partial charge on any atom is -0.351 e. The summed E-state index contributed by atoms with van der Waals surface area (Å²) in [5.74, 6) is 0.931. The first-order valence-corrected chi connectivity index (χ1v) is 7.22. The molecular weight excluding hydrogens is 232 g/mol. The van der Waals surface area contributed by atoms with Gasteiger partial charge in [-0.3, -0.25) is 4.79 Å². The standard InChI is InChI=1S/C13H20N2OS/c16-13(15-10-12-2-1-9-17-12)4-3-11-5-7-14-8-6-11/h1-2,9,11,14H,3-8,10H2,(H,15,16). The monoisotopic (exact) mass is 252 g/mol. The van der Waals surface area contributed by atoms with Crippen molar-refractivity contribution in [3.63, 3.8) is 0 Å². The van der Waals surface area contributed by atoms with E-state index in [0.717, 1.165) is 25.4 Å². The summed E-state index contributed by atoms with van der Waals surface area (Å²) in [7, 11) is 0. The third-order valence-corrected chi connectivity index (χ3v) is 4.15. The minimum absolute atomic E-state index is 0.192. The average molecular weight is 252 g/mol. The van der Waals surface area contributed by atoms with E-state index in [4.69, 9.17) is 0 Å². The van der Waals surface area contributed by atoms with Crippen molar-refractivity contribution >= 4 is 17.2 Å². The van der Waals surface area contributed by atoms with E-state index in [2.05, 4.69) is 16.7 Å². The number of amides is 1. The van der Waals surface area contributed by atoms with Crippen LogP contribution in [-0.4, -0.2) is 19.0 Å². The van der Waals surface area contributed by atoms with Crippen molar-refractivity contribution in [2.24, 2.45) is 5.92 Å². The van der Waals surface area contributed by atoms with Crippen LogP contribution in [0.4, 0.5) is 0 Å². The van der Waals surface area contributed by atoms with Gasteiger partial charge in [0.2, 0.25) is 5.91 Å². The second-order valence-corrected chi connectivity index (χ2v) is 5.62. The molecule has 0 radical (unpaired) electrons. The Morgan fingerprint density at radius 1 is 1.47 bits per heavy atom. The summed E-state index contributed by atoms with van der Waals surface area (Å²) in [5.41, 5.74) is 0. The van der Waals surface area contributed by atoms with Crippen molar-refractivity contribution < 1.29 is 4.79 Å². The topological polar surface area (TPSA) is 41.1 Å². The van der Waals surface area contributed by atoms with E-state index in [1.807, 2.05) is 11.4 Å². The van der Waals surface area contributed by atoms with Gasteiger partial charge in [0, 0.05) is 11.3 Å². The largest absolute Gasteiger partial charge is 0.351 e. The molecule has 1 saturated heterocycles. The highest BCUT2D eigenvalue weighted by Crippen LogP contribution is 2.17. The number of carbonyl (C=O) groups is 1. The second kappa shape index (κ2) is 6.77. The molecule has 1 aromatic rings. The maximum atomic E-state index is 11.7. The van der Waals surface area contributed by atoms with Gasteiger partial charge in [-0.15, -0.1) is 11.3 Å². The fourth-order valence-electron chi connectivity index (χ4n) is 2.19. The predicted molar refractivity (Wildman–Crippen MR) is 71.0 cm³/mol. The fraction of sp³-hybridized carbons (Fsp3) is 0.615.